The van der Waals surface area contributed by atoms with Crippen molar-refractivity contribution in [1.29, 1.82) is 5.26 Å². The van der Waals surface area contributed by atoms with E-state index in [4.69, 9.17) is 5.26 Å². The number of nitriles is 1. The second kappa shape index (κ2) is 6.67. The minimum atomic E-state index is -0.842. The standard InChI is InChI=1S/C21H12F2N4O/c1-12-19(17-7-6-15(22)10-18(17)23)21(28)27-20(26-12)16(8-9-25-27)14-4-2-13(11-24)3-5-14/h2-10H,1H3. The zero-order valence-corrected chi connectivity index (χ0v) is 14.6. The van der Waals surface area contributed by atoms with Crippen molar-refractivity contribution in [3.05, 3.63) is 88.0 Å². The Balaban J connectivity index is 1.98. The van der Waals surface area contributed by atoms with Gasteiger partial charge in [0.1, 0.15) is 11.6 Å². The number of nitrogens with zero attached hydrogens (tertiary/aromatic N) is 4. The highest BCUT2D eigenvalue weighted by Gasteiger charge is 2.18. The number of aromatic nitrogens is 3. The van der Waals surface area contributed by atoms with Crippen molar-refractivity contribution >= 4 is 5.65 Å². The minimum Gasteiger partial charge on any atom is -0.267 e. The van der Waals surface area contributed by atoms with Crippen LogP contribution in [-0.2, 0) is 0 Å². The van der Waals surface area contributed by atoms with Crippen LogP contribution >= 0.6 is 0 Å². The van der Waals surface area contributed by atoms with Crippen LogP contribution in [0.5, 0.6) is 0 Å². The summed E-state index contributed by atoms with van der Waals surface area (Å²) in [5.74, 6) is -1.57. The second-order valence-corrected chi connectivity index (χ2v) is 6.17. The summed E-state index contributed by atoms with van der Waals surface area (Å²) in [4.78, 5) is 17.5. The molecule has 0 spiro atoms. The zero-order chi connectivity index (χ0) is 19.8. The van der Waals surface area contributed by atoms with Gasteiger partial charge in [-0.15, -0.1) is 0 Å². The summed E-state index contributed by atoms with van der Waals surface area (Å²) in [5.41, 5.74) is 1.97. The fourth-order valence-electron chi connectivity index (χ4n) is 3.10. The fraction of sp³-hybridized carbons (Fsp3) is 0.0476. The zero-order valence-electron chi connectivity index (χ0n) is 14.6. The SMILES string of the molecule is Cc1nc2c(-c3ccc(C#N)cc3)ccnn2c(=O)c1-c1ccc(F)cc1F. The molecule has 4 rings (SSSR count). The van der Waals surface area contributed by atoms with E-state index in [-0.39, 0.29) is 11.1 Å². The first-order valence-corrected chi connectivity index (χ1v) is 8.34. The van der Waals surface area contributed by atoms with Crippen molar-refractivity contribution < 1.29 is 8.78 Å². The van der Waals surface area contributed by atoms with E-state index in [0.717, 1.165) is 22.2 Å². The van der Waals surface area contributed by atoms with Crippen molar-refractivity contribution in [1.82, 2.24) is 14.6 Å². The van der Waals surface area contributed by atoms with E-state index in [1.807, 2.05) is 0 Å². The Morgan fingerprint density at radius 3 is 2.46 bits per heavy atom. The van der Waals surface area contributed by atoms with E-state index >= 15 is 0 Å². The average molecular weight is 374 g/mol. The van der Waals surface area contributed by atoms with E-state index in [2.05, 4.69) is 16.2 Å². The molecule has 0 radical (unpaired) electrons. The Hall–Kier alpha value is -3.92. The van der Waals surface area contributed by atoms with Crippen LogP contribution < -0.4 is 5.56 Å². The molecular formula is C21H12F2N4O. The highest BCUT2D eigenvalue weighted by Crippen LogP contribution is 2.26. The Bertz CT molecular complexity index is 1320. The molecule has 0 N–H and O–H groups in total. The molecule has 0 aliphatic rings. The van der Waals surface area contributed by atoms with Crippen LogP contribution in [-0.4, -0.2) is 14.6 Å². The van der Waals surface area contributed by atoms with Crippen molar-refractivity contribution in [3.8, 4) is 28.3 Å². The summed E-state index contributed by atoms with van der Waals surface area (Å²) in [5, 5.41) is 13.0. The van der Waals surface area contributed by atoms with Crippen LogP contribution in [0.25, 0.3) is 27.9 Å². The van der Waals surface area contributed by atoms with Crippen LogP contribution in [0.3, 0.4) is 0 Å². The summed E-state index contributed by atoms with van der Waals surface area (Å²) in [7, 11) is 0. The molecule has 0 amide bonds. The van der Waals surface area contributed by atoms with Crippen LogP contribution in [0.2, 0.25) is 0 Å². The van der Waals surface area contributed by atoms with E-state index in [0.29, 0.717) is 22.5 Å². The topological polar surface area (TPSA) is 71.1 Å². The predicted molar refractivity (Wildman–Crippen MR) is 99.5 cm³/mol. The van der Waals surface area contributed by atoms with Gasteiger partial charge < -0.3 is 0 Å². The molecule has 7 heteroatoms. The average Bonchev–Trinajstić information content (AvgIpc) is 2.69. The van der Waals surface area contributed by atoms with Gasteiger partial charge in [-0.2, -0.15) is 14.9 Å². The predicted octanol–water partition coefficient (Wildman–Crippen LogP) is 3.88. The maximum Gasteiger partial charge on any atom is 0.282 e. The number of hydrogen-bond acceptors (Lipinski definition) is 4. The molecule has 0 unspecified atom stereocenters. The second-order valence-electron chi connectivity index (χ2n) is 6.17. The number of hydrogen-bond donors (Lipinski definition) is 0. The highest BCUT2D eigenvalue weighted by molar-refractivity contribution is 5.78. The summed E-state index contributed by atoms with van der Waals surface area (Å²) in [6, 6.07) is 13.6. The minimum absolute atomic E-state index is 0.0273. The van der Waals surface area contributed by atoms with Gasteiger partial charge in [-0.1, -0.05) is 12.1 Å². The van der Waals surface area contributed by atoms with Crippen molar-refractivity contribution in [3.63, 3.8) is 0 Å². The number of rotatable bonds is 2. The third kappa shape index (κ3) is 2.81. The van der Waals surface area contributed by atoms with Gasteiger partial charge in [0.2, 0.25) is 0 Å². The maximum absolute atomic E-state index is 14.2. The van der Waals surface area contributed by atoms with Gasteiger partial charge in [0.05, 0.1) is 22.9 Å². The lowest BCUT2D eigenvalue weighted by atomic mass is 10.0. The molecule has 0 saturated heterocycles. The molecule has 2 aromatic carbocycles. The molecule has 2 heterocycles. The summed E-state index contributed by atoms with van der Waals surface area (Å²) < 4.78 is 28.6. The summed E-state index contributed by atoms with van der Waals surface area (Å²) >= 11 is 0. The van der Waals surface area contributed by atoms with Crippen LogP contribution in [0, 0.1) is 29.9 Å². The maximum atomic E-state index is 14.2. The first kappa shape index (κ1) is 17.5. The monoisotopic (exact) mass is 374 g/mol. The smallest absolute Gasteiger partial charge is 0.267 e. The molecule has 28 heavy (non-hydrogen) atoms. The molecule has 5 nitrogen and oxygen atoms in total. The molecule has 0 aliphatic heterocycles. The molecule has 4 aromatic rings. The first-order chi connectivity index (χ1) is 13.5. The first-order valence-electron chi connectivity index (χ1n) is 8.34. The molecule has 0 aliphatic carbocycles. The molecule has 0 atom stereocenters. The lowest BCUT2D eigenvalue weighted by Gasteiger charge is -2.11. The normalized spacial score (nSPS) is 10.8. The molecule has 0 bridgehead atoms. The van der Waals surface area contributed by atoms with E-state index in [1.165, 1.54) is 12.3 Å². The number of halogens is 2. The molecule has 2 aromatic heterocycles. The Labute approximate surface area is 158 Å². The quantitative estimate of drug-likeness (QED) is 0.534. The van der Waals surface area contributed by atoms with Gasteiger partial charge in [-0.3, -0.25) is 4.79 Å². The molecule has 0 saturated carbocycles. The van der Waals surface area contributed by atoms with Crippen LogP contribution in [0.4, 0.5) is 8.78 Å². The van der Waals surface area contributed by atoms with Crippen LogP contribution in [0.1, 0.15) is 11.3 Å². The van der Waals surface area contributed by atoms with Gasteiger partial charge in [0.25, 0.3) is 5.56 Å². The Morgan fingerprint density at radius 2 is 1.79 bits per heavy atom. The summed E-state index contributed by atoms with van der Waals surface area (Å²) in [6.07, 6.45) is 1.45. The van der Waals surface area contributed by atoms with Gasteiger partial charge >= 0.3 is 0 Å². The number of aryl methyl sites for hydroxylation is 1. The molecular weight excluding hydrogens is 362 g/mol. The van der Waals surface area contributed by atoms with Gasteiger partial charge in [-0.25, -0.2) is 13.8 Å². The third-order valence-electron chi connectivity index (χ3n) is 4.43. The Kier molecular flexibility index (Phi) is 4.17. The molecule has 136 valence electrons. The highest BCUT2D eigenvalue weighted by atomic mass is 19.1. The largest absolute Gasteiger partial charge is 0.282 e. The Morgan fingerprint density at radius 1 is 1.04 bits per heavy atom. The lowest BCUT2D eigenvalue weighted by Crippen LogP contribution is -2.22. The molecule has 0 fully saturated rings. The fourth-order valence-corrected chi connectivity index (χ4v) is 3.10. The van der Waals surface area contributed by atoms with Crippen molar-refractivity contribution in [2.24, 2.45) is 0 Å². The van der Waals surface area contributed by atoms with E-state index in [9.17, 15) is 13.6 Å². The third-order valence-corrected chi connectivity index (χ3v) is 4.43. The van der Waals surface area contributed by atoms with Crippen molar-refractivity contribution in [2.75, 3.05) is 0 Å². The van der Waals surface area contributed by atoms with Gasteiger partial charge in [-0.05, 0) is 42.8 Å². The summed E-state index contributed by atoms with van der Waals surface area (Å²) in [6.45, 7) is 1.59. The van der Waals surface area contributed by atoms with E-state index < -0.39 is 17.2 Å². The number of fused-ring (bicyclic) bond motifs is 1. The van der Waals surface area contributed by atoms with E-state index in [1.54, 1.807) is 37.3 Å². The lowest BCUT2D eigenvalue weighted by molar-refractivity contribution is 0.585. The van der Waals surface area contributed by atoms with Crippen LogP contribution in [0.15, 0.2) is 59.5 Å². The van der Waals surface area contributed by atoms with Gasteiger partial charge in [0, 0.05) is 23.4 Å². The number of benzene rings is 2. The van der Waals surface area contributed by atoms with Gasteiger partial charge in [0.15, 0.2) is 5.65 Å². The van der Waals surface area contributed by atoms with Crippen molar-refractivity contribution in [2.45, 2.75) is 6.92 Å².